The molecule has 5 nitrogen and oxygen atoms in total. The monoisotopic (exact) mass is 382 g/mol. The first-order valence-corrected chi connectivity index (χ1v) is 9.73. The summed E-state index contributed by atoms with van der Waals surface area (Å²) in [4.78, 5) is 13.0. The molecule has 27 heavy (non-hydrogen) atoms. The fourth-order valence-corrected chi connectivity index (χ4v) is 4.28. The predicted molar refractivity (Wildman–Crippen MR) is 104 cm³/mol. The molecule has 3 aromatic rings. The summed E-state index contributed by atoms with van der Waals surface area (Å²) in [5.41, 5.74) is 2.65. The highest BCUT2D eigenvalue weighted by atomic mass is 32.2. The zero-order valence-electron chi connectivity index (χ0n) is 14.6. The first-order chi connectivity index (χ1) is 13.2. The molecule has 138 valence electrons. The topological polar surface area (TPSA) is 59.0 Å². The largest absolute Gasteiger partial charge is 0.331 e. The Balaban J connectivity index is 1.38. The smallest absolute Gasteiger partial charge is 0.319 e. The van der Waals surface area contributed by atoms with Gasteiger partial charge in [0.05, 0.1) is 12.6 Å². The molecule has 0 bridgehead atoms. The van der Waals surface area contributed by atoms with E-state index >= 15 is 0 Å². The molecule has 1 atom stereocenters. The number of anilines is 1. The molecule has 0 saturated heterocycles. The number of thioether (sulfide) groups is 1. The minimum atomic E-state index is -0.290. The summed E-state index contributed by atoms with van der Waals surface area (Å²) < 4.78 is 15.8. The van der Waals surface area contributed by atoms with Crippen LogP contribution in [0.1, 0.15) is 23.6 Å². The average Bonchev–Trinajstić information content (AvgIpc) is 3.17. The molecule has 0 fully saturated rings. The third kappa shape index (κ3) is 4.14. The Morgan fingerprint density at radius 1 is 1.22 bits per heavy atom. The van der Waals surface area contributed by atoms with Crippen molar-refractivity contribution in [2.75, 3.05) is 11.1 Å². The minimum absolute atomic E-state index is 0.184. The van der Waals surface area contributed by atoms with Gasteiger partial charge in [-0.1, -0.05) is 24.3 Å². The van der Waals surface area contributed by atoms with Crippen molar-refractivity contribution in [3.05, 3.63) is 77.9 Å². The van der Waals surface area contributed by atoms with Crippen molar-refractivity contribution in [3.8, 4) is 0 Å². The molecule has 2 amide bonds. The van der Waals surface area contributed by atoms with Crippen molar-refractivity contribution in [1.82, 2.24) is 15.1 Å². The number of hydrogen-bond acceptors (Lipinski definition) is 3. The molecule has 1 aromatic heterocycles. The van der Waals surface area contributed by atoms with Crippen molar-refractivity contribution >= 4 is 23.5 Å². The summed E-state index contributed by atoms with van der Waals surface area (Å²) in [6.07, 6.45) is 4.42. The summed E-state index contributed by atoms with van der Waals surface area (Å²) in [6.45, 7) is 0.682. The van der Waals surface area contributed by atoms with Crippen molar-refractivity contribution in [1.29, 1.82) is 0 Å². The molecular weight excluding hydrogens is 363 g/mol. The molecule has 2 heterocycles. The summed E-state index contributed by atoms with van der Waals surface area (Å²) >= 11 is 1.50. The molecule has 2 aromatic carbocycles. The second-order valence-electron chi connectivity index (χ2n) is 6.35. The lowest BCUT2D eigenvalue weighted by Crippen LogP contribution is -2.34. The van der Waals surface area contributed by atoms with Gasteiger partial charge in [-0.2, -0.15) is 5.10 Å². The van der Waals surface area contributed by atoms with E-state index in [1.165, 1.54) is 17.8 Å². The zero-order valence-corrected chi connectivity index (χ0v) is 15.4. The standard InChI is InChI=1S/C20H19FN4OS/c21-17-4-1-3-16-18(9-12-27-19(16)17)24-20(26)23-15-7-5-14(6-8-15)13-25-11-2-10-22-25/h1-8,10-11,18H,9,12-13H2,(H2,23,24,26). The lowest BCUT2D eigenvalue weighted by molar-refractivity contribution is 0.248. The normalized spacial score (nSPS) is 15.8. The molecule has 1 aliphatic rings. The Kier molecular flexibility index (Phi) is 5.11. The van der Waals surface area contributed by atoms with Crippen LogP contribution in [0, 0.1) is 5.82 Å². The van der Waals surface area contributed by atoms with Crippen LogP contribution in [-0.2, 0) is 6.54 Å². The van der Waals surface area contributed by atoms with Gasteiger partial charge in [-0.3, -0.25) is 4.68 Å². The van der Waals surface area contributed by atoms with Gasteiger partial charge in [-0.15, -0.1) is 11.8 Å². The number of nitrogens with zero attached hydrogens (tertiary/aromatic N) is 2. The number of halogens is 1. The van der Waals surface area contributed by atoms with Crippen LogP contribution >= 0.6 is 11.8 Å². The number of fused-ring (bicyclic) bond motifs is 1. The molecule has 0 aliphatic carbocycles. The van der Waals surface area contributed by atoms with Crippen molar-refractivity contribution in [2.45, 2.75) is 23.9 Å². The van der Waals surface area contributed by atoms with Crippen LogP contribution < -0.4 is 10.6 Å². The van der Waals surface area contributed by atoms with Gasteiger partial charge < -0.3 is 10.6 Å². The highest BCUT2D eigenvalue weighted by Crippen LogP contribution is 2.37. The summed E-state index contributed by atoms with van der Waals surface area (Å²) in [5.74, 6) is 0.554. The average molecular weight is 382 g/mol. The number of rotatable bonds is 4. The van der Waals surface area contributed by atoms with Crippen molar-refractivity contribution in [3.63, 3.8) is 0 Å². The Bertz CT molecular complexity index is 928. The highest BCUT2D eigenvalue weighted by Gasteiger charge is 2.24. The van der Waals surface area contributed by atoms with E-state index in [-0.39, 0.29) is 17.9 Å². The minimum Gasteiger partial charge on any atom is -0.331 e. The van der Waals surface area contributed by atoms with Gasteiger partial charge in [0.2, 0.25) is 0 Å². The van der Waals surface area contributed by atoms with Gasteiger partial charge in [0, 0.05) is 28.7 Å². The summed E-state index contributed by atoms with van der Waals surface area (Å²) in [6, 6.07) is 14.1. The lowest BCUT2D eigenvalue weighted by Gasteiger charge is -2.26. The third-order valence-electron chi connectivity index (χ3n) is 4.45. The van der Waals surface area contributed by atoms with Crippen LogP contribution in [0.3, 0.4) is 0 Å². The summed E-state index contributed by atoms with van der Waals surface area (Å²) in [7, 11) is 0. The number of benzene rings is 2. The number of amides is 2. The fourth-order valence-electron chi connectivity index (χ4n) is 3.14. The maximum atomic E-state index is 13.9. The van der Waals surface area contributed by atoms with Crippen LogP contribution in [0.25, 0.3) is 0 Å². The lowest BCUT2D eigenvalue weighted by atomic mass is 10.0. The number of aromatic nitrogens is 2. The predicted octanol–water partition coefficient (Wildman–Crippen LogP) is 4.43. The number of nitrogens with one attached hydrogen (secondary N) is 2. The SMILES string of the molecule is O=C(Nc1ccc(Cn2cccn2)cc1)NC1CCSc2c(F)cccc21. The molecule has 0 spiro atoms. The van der Waals surface area contributed by atoms with Gasteiger partial charge in [-0.05, 0) is 41.8 Å². The third-order valence-corrected chi connectivity index (χ3v) is 5.61. The molecule has 0 radical (unpaired) electrons. The Labute approximate surface area is 161 Å². The molecule has 1 aliphatic heterocycles. The van der Waals surface area contributed by atoms with E-state index in [2.05, 4.69) is 15.7 Å². The summed E-state index contributed by atoms with van der Waals surface area (Å²) in [5, 5.41) is 9.99. The van der Waals surface area contributed by atoms with Crippen molar-refractivity contribution < 1.29 is 9.18 Å². The Hall–Kier alpha value is -2.80. The van der Waals surface area contributed by atoms with Crippen molar-refractivity contribution in [2.24, 2.45) is 0 Å². The first kappa shape index (κ1) is 17.6. The molecule has 2 N–H and O–H groups in total. The van der Waals surface area contributed by atoms with E-state index in [0.29, 0.717) is 17.1 Å². The van der Waals surface area contributed by atoms with E-state index in [4.69, 9.17) is 0 Å². The van der Waals surface area contributed by atoms with Gasteiger partial charge >= 0.3 is 6.03 Å². The van der Waals surface area contributed by atoms with Crippen LogP contribution in [0.2, 0.25) is 0 Å². The number of urea groups is 1. The second kappa shape index (κ2) is 7.84. The van der Waals surface area contributed by atoms with Crippen LogP contribution in [0.4, 0.5) is 14.9 Å². The van der Waals surface area contributed by atoms with Gasteiger partial charge in [0.15, 0.2) is 0 Å². The Morgan fingerprint density at radius 2 is 2.07 bits per heavy atom. The number of hydrogen-bond donors (Lipinski definition) is 2. The van der Waals surface area contributed by atoms with Crippen LogP contribution in [0.5, 0.6) is 0 Å². The maximum Gasteiger partial charge on any atom is 0.319 e. The quantitative estimate of drug-likeness (QED) is 0.702. The van der Waals surface area contributed by atoms with E-state index in [1.54, 1.807) is 12.3 Å². The van der Waals surface area contributed by atoms with Gasteiger partial charge in [-0.25, -0.2) is 9.18 Å². The van der Waals surface area contributed by atoms with E-state index in [0.717, 1.165) is 23.3 Å². The maximum absolute atomic E-state index is 13.9. The molecule has 7 heteroatoms. The fraction of sp³-hybridized carbons (Fsp3) is 0.200. The van der Waals surface area contributed by atoms with Crippen LogP contribution in [-0.4, -0.2) is 21.6 Å². The van der Waals surface area contributed by atoms with Gasteiger partial charge in [0.1, 0.15) is 5.82 Å². The number of carbonyl (C=O) groups is 1. The van der Waals surface area contributed by atoms with E-state index in [1.807, 2.05) is 47.3 Å². The second-order valence-corrected chi connectivity index (χ2v) is 7.45. The van der Waals surface area contributed by atoms with E-state index < -0.39 is 0 Å². The molecule has 4 rings (SSSR count). The van der Waals surface area contributed by atoms with Gasteiger partial charge in [0.25, 0.3) is 0 Å². The first-order valence-electron chi connectivity index (χ1n) is 8.74. The number of carbonyl (C=O) groups excluding carboxylic acids is 1. The highest BCUT2D eigenvalue weighted by molar-refractivity contribution is 7.99. The molecular formula is C20H19FN4OS. The molecule has 1 unspecified atom stereocenters. The van der Waals surface area contributed by atoms with Crippen LogP contribution in [0.15, 0.2) is 65.8 Å². The Morgan fingerprint density at radius 3 is 2.85 bits per heavy atom. The zero-order chi connectivity index (χ0) is 18.6. The van der Waals surface area contributed by atoms with E-state index in [9.17, 15) is 9.18 Å². The molecule has 0 saturated carbocycles.